The van der Waals surface area contributed by atoms with Crippen LogP contribution in [0.2, 0.25) is 0 Å². The number of methoxy groups -OCH3 is 1. The second-order valence-corrected chi connectivity index (χ2v) is 6.73. The predicted molar refractivity (Wildman–Crippen MR) is 110 cm³/mol. The first kappa shape index (κ1) is 20.5. The van der Waals surface area contributed by atoms with Crippen LogP contribution in [0.15, 0.2) is 42.5 Å². The summed E-state index contributed by atoms with van der Waals surface area (Å²) in [6.07, 6.45) is 0.138. The second-order valence-electron chi connectivity index (χ2n) is 6.73. The first-order valence-electron chi connectivity index (χ1n) is 9.20. The fraction of sp³-hybridized carbons (Fsp3) is 0.364. The molecule has 2 rings (SSSR count). The molecule has 0 aliphatic carbocycles. The maximum Gasteiger partial charge on any atom is 0.228 e. The third-order valence-electron chi connectivity index (χ3n) is 4.48. The van der Waals surface area contributed by atoms with Crippen LogP contribution < -0.4 is 15.0 Å². The van der Waals surface area contributed by atoms with E-state index in [1.807, 2.05) is 24.3 Å². The summed E-state index contributed by atoms with van der Waals surface area (Å²) >= 11 is 0. The van der Waals surface area contributed by atoms with Gasteiger partial charge >= 0.3 is 0 Å². The van der Waals surface area contributed by atoms with Crippen molar-refractivity contribution in [1.82, 2.24) is 0 Å². The number of nitrogens with zero attached hydrogens (tertiary/aromatic N) is 1. The Bertz CT molecular complexity index is 798. The Morgan fingerprint density at radius 1 is 1.11 bits per heavy atom. The minimum atomic E-state index is -0.155. The lowest BCUT2D eigenvalue weighted by Crippen LogP contribution is -2.30. The van der Waals surface area contributed by atoms with Crippen molar-refractivity contribution in [2.45, 2.75) is 40.2 Å². The van der Waals surface area contributed by atoms with Gasteiger partial charge in [0.2, 0.25) is 5.91 Å². The SMILES string of the molecule is CCN(c1ccc(NC(=O)Cc2cc(C(C)=O)ccc2OC)cc1)C(C)C. The van der Waals surface area contributed by atoms with E-state index in [1.54, 1.807) is 25.3 Å². The van der Waals surface area contributed by atoms with Crippen molar-refractivity contribution in [3.63, 3.8) is 0 Å². The van der Waals surface area contributed by atoms with Gasteiger partial charge in [-0.15, -0.1) is 0 Å². The van der Waals surface area contributed by atoms with Gasteiger partial charge in [-0.05, 0) is 70.2 Å². The molecule has 0 atom stereocenters. The zero-order chi connectivity index (χ0) is 20.0. The van der Waals surface area contributed by atoms with Crippen molar-refractivity contribution in [1.29, 1.82) is 0 Å². The number of amides is 1. The van der Waals surface area contributed by atoms with Crippen molar-refractivity contribution in [3.05, 3.63) is 53.6 Å². The molecule has 27 heavy (non-hydrogen) atoms. The van der Waals surface area contributed by atoms with Gasteiger partial charge in [0.05, 0.1) is 13.5 Å². The molecule has 0 aliphatic rings. The lowest BCUT2D eigenvalue weighted by atomic mass is 10.0. The van der Waals surface area contributed by atoms with Gasteiger partial charge in [0.25, 0.3) is 0 Å². The van der Waals surface area contributed by atoms with Crippen LogP contribution in [0, 0.1) is 0 Å². The minimum Gasteiger partial charge on any atom is -0.496 e. The largest absolute Gasteiger partial charge is 0.496 e. The van der Waals surface area contributed by atoms with Crippen LogP contribution in [-0.2, 0) is 11.2 Å². The van der Waals surface area contributed by atoms with Crippen LogP contribution >= 0.6 is 0 Å². The molecule has 0 unspecified atom stereocenters. The molecule has 0 heterocycles. The van der Waals surface area contributed by atoms with Crippen molar-refractivity contribution < 1.29 is 14.3 Å². The Hall–Kier alpha value is -2.82. The lowest BCUT2D eigenvalue weighted by Gasteiger charge is -2.27. The highest BCUT2D eigenvalue weighted by molar-refractivity contribution is 5.96. The number of anilines is 2. The molecule has 0 aromatic heterocycles. The van der Waals surface area contributed by atoms with E-state index in [0.29, 0.717) is 22.9 Å². The normalized spacial score (nSPS) is 10.6. The van der Waals surface area contributed by atoms with Gasteiger partial charge in [-0.3, -0.25) is 9.59 Å². The molecular formula is C22H28N2O3. The average Bonchev–Trinajstić information content (AvgIpc) is 2.63. The zero-order valence-electron chi connectivity index (χ0n) is 16.7. The summed E-state index contributed by atoms with van der Waals surface area (Å²) in [5.41, 5.74) is 3.12. The van der Waals surface area contributed by atoms with E-state index in [1.165, 1.54) is 6.92 Å². The van der Waals surface area contributed by atoms with E-state index in [9.17, 15) is 9.59 Å². The molecule has 1 N–H and O–H groups in total. The number of carbonyl (C=O) groups is 2. The molecule has 0 radical (unpaired) electrons. The van der Waals surface area contributed by atoms with Crippen LogP contribution in [0.25, 0.3) is 0 Å². The van der Waals surface area contributed by atoms with Crippen LogP contribution in [-0.4, -0.2) is 31.4 Å². The Kier molecular flexibility index (Phi) is 6.99. The molecule has 0 saturated heterocycles. The molecule has 0 fully saturated rings. The second kappa shape index (κ2) is 9.21. The topological polar surface area (TPSA) is 58.6 Å². The summed E-state index contributed by atoms with van der Waals surface area (Å²) < 4.78 is 5.31. The van der Waals surface area contributed by atoms with Crippen molar-refractivity contribution in [2.75, 3.05) is 23.9 Å². The maximum absolute atomic E-state index is 12.5. The number of rotatable bonds is 8. The van der Waals surface area contributed by atoms with Crippen LogP contribution in [0.4, 0.5) is 11.4 Å². The summed E-state index contributed by atoms with van der Waals surface area (Å²) in [5, 5.41) is 2.91. The standard InChI is InChI=1S/C22H28N2O3/c1-6-24(15(2)3)20-10-8-19(9-11-20)23-22(26)14-18-13-17(16(4)25)7-12-21(18)27-5/h7-13,15H,6,14H2,1-5H3,(H,23,26). The van der Waals surface area contributed by atoms with Gasteiger partial charge in [0, 0.05) is 35.1 Å². The molecule has 0 bridgehead atoms. The lowest BCUT2D eigenvalue weighted by molar-refractivity contribution is -0.115. The van der Waals surface area contributed by atoms with E-state index in [-0.39, 0.29) is 18.1 Å². The quantitative estimate of drug-likeness (QED) is 0.705. The number of hydrogen-bond donors (Lipinski definition) is 1. The monoisotopic (exact) mass is 368 g/mol. The molecule has 0 spiro atoms. The molecule has 5 heteroatoms. The summed E-state index contributed by atoms with van der Waals surface area (Å²) in [4.78, 5) is 26.3. The number of ether oxygens (including phenoxy) is 1. The molecule has 144 valence electrons. The van der Waals surface area contributed by atoms with E-state index in [4.69, 9.17) is 4.74 Å². The number of benzene rings is 2. The Morgan fingerprint density at radius 3 is 2.30 bits per heavy atom. The van der Waals surface area contributed by atoms with Gasteiger partial charge in [0.1, 0.15) is 5.75 Å². The van der Waals surface area contributed by atoms with Crippen molar-refractivity contribution in [2.24, 2.45) is 0 Å². The van der Waals surface area contributed by atoms with Gasteiger partial charge in [-0.1, -0.05) is 0 Å². The summed E-state index contributed by atoms with van der Waals surface area (Å²) in [6.45, 7) is 8.86. The summed E-state index contributed by atoms with van der Waals surface area (Å²) in [5.74, 6) is 0.402. The number of Topliss-reactive ketones (excluding diaryl/α,β-unsaturated/α-hetero) is 1. The Labute approximate surface area is 161 Å². The maximum atomic E-state index is 12.5. The van der Waals surface area contributed by atoms with Crippen LogP contribution in [0.5, 0.6) is 5.75 Å². The summed E-state index contributed by atoms with van der Waals surface area (Å²) in [7, 11) is 1.55. The molecular weight excluding hydrogens is 340 g/mol. The highest BCUT2D eigenvalue weighted by atomic mass is 16.5. The predicted octanol–water partition coefficient (Wildman–Crippen LogP) is 4.31. The van der Waals surface area contributed by atoms with Gasteiger partial charge in [0.15, 0.2) is 5.78 Å². The summed E-state index contributed by atoms with van der Waals surface area (Å²) in [6, 6.07) is 13.4. The third kappa shape index (κ3) is 5.33. The fourth-order valence-corrected chi connectivity index (χ4v) is 3.10. The fourth-order valence-electron chi connectivity index (χ4n) is 3.10. The van der Waals surface area contributed by atoms with Gasteiger partial charge in [-0.2, -0.15) is 0 Å². The highest BCUT2D eigenvalue weighted by Crippen LogP contribution is 2.23. The number of nitrogens with one attached hydrogen (secondary N) is 1. The molecule has 2 aromatic rings. The smallest absolute Gasteiger partial charge is 0.228 e. The zero-order valence-corrected chi connectivity index (χ0v) is 16.7. The average molecular weight is 368 g/mol. The molecule has 2 aromatic carbocycles. The first-order chi connectivity index (χ1) is 12.8. The number of carbonyl (C=O) groups excluding carboxylic acids is 2. The minimum absolute atomic E-state index is 0.0412. The van der Waals surface area contributed by atoms with Crippen LogP contribution in [0.3, 0.4) is 0 Å². The van der Waals surface area contributed by atoms with Crippen molar-refractivity contribution in [3.8, 4) is 5.75 Å². The van der Waals surface area contributed by atoms with E-state index < -0.39 is 0 Å². The van der Waals surface area contributed by atoms with Gasteiger partial charge in [-0.25, -0.2) is 0 Å². The molecule has 0 saturated carbocycles. The molecule has 5 nitrogen and oxygen atoms in total. The highest BCUT2D eigenvalue weighted by Gasteiger charge is 2.13. The molecule has 1 amide bonds. The van der Waals surface area contributed by atoms with Gasteiger partial charge < -0.3 is 15.0 Å². The van der Waals surface area contributed by atoms with Crippen LogP contribution in [0.1, 0.15) is 43.6 Å². The van der Waals surface area contributed by atoms with E-state index >= 15 is 0 Å². The number of ketones is 1. The Balaban J connectivity index is 2.10. The Morgan fingerprint density at radius 2 is 1.78 bits per heavy atom. The molecule has 0 aliphatic heterocycles. The van der Waals surface area contributed by atoms with E-state index in [0.717, 1.165) is 17.9 Å². The number of hydrogen-bond acceptors (Lipinski definition) is 4. The van der Waals surface area contributed by atoms with Crippen molar-refractivity contribution >= 4 is 23.1 Å². The van der Waals surface area contributed by atoms with E-state index in [2.05, 4.69) is 31.0 Å². The first-order valence-corrected chi connectivity index (χ1v) is 9.20. The third-order valence-corrected chi connectivity index (χ3v) is 4.48.